The van der Waals surface area contributed by atoms with Crippen molar-refractivity contribution in [2.45, 2.75) is 104 Å². The fourth-order valence-corrected chi connectivity index (χ4v) is 5.32. The van der Waals surface area contributed by atoms with E-state index in [-0.39, 0.29) is 0 Å². The SMILES string of the molecule is CCCCCCCCCCNC1C2(C)CCC(C2)C1(C)C. The van der Waals surface area contributed by atoms with Crippen molar-refractivity contribution in [3.8, 4) is 0 Å². The molecule has 2 saturated carbocycles. The van der Waals surface area contributed by atoms with Crippen LogP contribution in [0.2, 0.25) is 0 Å². The van der Waals surface area contributed by atoms with Crippen LogP contribution >= 0.6 is 0 Å². The number of hydrogen-bond donors (Lipinski definition) is 1. The highest BCUT2D eigenvalue weighted by Crippen LogP contribution is 2.62. The molecule has 3 unspecified atom stereocenters. The van der Waals surface area contributed by atoms with Crippen molar-refractivity contribution in [2.75, 3.05) is 6.54 Å². The van der Waals surface area contributed by atoms with Gasteiger partial charge in [0.25, 0.3) is 0 Å². The van der Waals surface area contributed by atoms with Gasteiger partial charge in [0.2, 0.25) is 0 Å². The van der Waals surface area contributed by atoms with Crippen LogP contribution in [0.25, 0.3) is 0 Å². The Hall–Kier alpha value is -0.0400. The van der Waals surface area contributed by atoms with Gasteiger partial charge in [-0.25, -0.2) is 0 Å². The zero-order chi connectivity index (χ0) is 15.3. The maximum atomic E-state index is 3.96. The Balaban J connectivity index is 1.57. The highest BCUT2D eigenvalue weighted by Gasteiger charge is 2.58. The Kier molecular flexibility index (Phi) is 6.17. The maximum absolute atomic E-state index is 3.96. The molecule has 124 valence electrons. The highest BCUT2D eigenvalue weighted by molar-refractivity contribution is 5.11. The van der Waals surface area contributed by atoms with Gasteiger partial charge in [0.15, 0.2) is 0 Å². The molecule has 2 rings (SSSR count). The third kappa shape index (κ3) is 4.03. The lowest BCUT2D eigenvalue weighted by atomic mass is 9.68. The average Bonchev–Trinajstić information content (AvgIpc) is 2.91. The molecular weight excluding hydrogens is 254 g/mol. The van der Waals surface area contributed by atoms with E-state index in [1.54, 1.807) is 0 Å². The van der Waals surface area contributed by atoms with Gasteiger partial charge in [-0.15, -0.1) is 0 Å². The smallest absolute Gasteiger partial charge is 0.0175 e. The molecule has 2 aliphatic rings. The standard InChI is InChI=1S/C20H39N/c1-5-6-7-8-9-10-11-12-15-21-18-19(2,3)17-13-14-20(18,4)16-17/h17-18,21H,5-16H2,1-4H3. The molecule has 1 heteroatoms. The van der Waals surface area contributed by atoms with Crippen LogP contribution in [0.1, 0.15) is 98.3 Å². The highest BCUT2D eigenvalue weighted by atomic mass is 15.0. The van der Waals surface area contributed by atoms with Crippen LogP contribution in [0.3, 0.4) is 0 Å². The van der Waals surface area contributed by atoms with Crippen LogP contribution in [0.5, 0.6) is 0 Å². The van der Waals surface area contributed by atoms with Gasteiger partial charge in [-0.2, -0.15) is 0 Å². The summed E-state index contributed by atoms with van der Waals surface area (Å²) in [4.78, 5) is 0. The van der Waals surface area contributed by atoms with Crippen LogP contribution in [0.4, 0.5) is 0 Å². The third-order valence-corrected chi connectivity index (χ3v) is 6.65. The van der Waals surface area contributed by atoms with E-state index in [1.165, 1.54) is 77.2 Å². The summed E-state index contributed by atoms with van der Waals surface area (Å²) < 4.78 is 0. The van der Waals surface area contributed by atoms with Gasteiger partial charge in [0.05, 0.1) is 0 Å². The lowest BCUT2D eigenvalue weighted by Gasteiger charge is -2.43. The average molecular weight is 294 g/mol. The van der Waals surface area contributed by atoms with E-state index >= 15 is 0 Å². The fourth-order valence-electron chi connectivity index (χ4n) is 5.32. The normalized spacial score (nSPS) is 33.7. The first-order valence-corrected chi connectivity index (χ1v) is 9.74. The molecule has 0 spiro atoms. The zero-order valence-corrected chi connectivity index (χ0v) is 15.1. The molecule has 0 saturated heterocycles. The number of unbranched alkanes of at least 4 members (excludes halogenated alkanes) is 7. The summed E-state index contributed by atoms with van der Waals surface area (Å²) >= 11 is 0. The van der Waals surface area contributed by atoms with E-state index in [0.717, 1.165) is 12.0 Å². The van der Waals surface area contributed by atoms with Crippen molar-refractivity contribution in [3.63, 3.8) is 0 Å². The van der Waals surface area contributed by atoms with Crippen molar-refractivity contribution < 1.29 is 0 Å². The summed E-state index contributed by atoms with van der Waals surface area (Å²) in [5, 5.41) is 3.96. The topological polar surface area (TPSA) is 12.0 Å². The van der Waals surface area contributed by atoms with Crippen molar-refractivity contribution in [2.24, 2.45) is 16.7 Å². The Morgan fingerprint density at radius 2 is 1.52 bits per heavy atom. The van der Waals surface area contributed by atoms with E-state index in [2.05, 4.69) is 33.0 Å². The van der Waals surface area contributed by atoms with E-state index in [9.17, 15) is 0 Å². The zero-order valence-electron chi connectivity index (χ0n) is 15.1. The van der Waals surface area contributed by atoms with Crippen LogP contribution in [0, 0.1) is 16.7 Å². The van der Waals surface area contributed by atoms with Crippen LogP contribution < -0.4 is 5.32 Å². The molecule has 2 fully saturated rings. The predicted molar refractivity (Wildman–Crippen MR) is 93.6 cm³/mol. The van der Waals surface area contributed by atoms with Gasteiger partial charge < -0.3 is 5.32 Å². The first-order chi connectivity index (χ1) is 10.0. The molecule has 2 aliphatic carbocycles. The van der Waals surface area contributed by atoms with Crippen molar-refractivity contribution in [1.82, 2.24) is 5.32 Å². The van der Waals surface area contributed by atoms with Crippen LogP contribution in [-0.4, -0.2) is 12.6 Å². The molecule has 0 radical (unpaired) electrons. The van der Waals surface area contributed by atoms with Crippen molar-refractivity contribution in [3.05, 3.63) is 0 Å². The molecule has 1 N–H and O–H groups in total. The number of fused-ring (bicyclic) bond motifs is 2. The molecule has 1 nitrogen and oxygen atoms in total. The number of nitrogens with one attached hydrogen (secondary N) is 1. The Morgan fingerprint density at radius 3 is 2.10 bits per heavy atom. The largest absolute Gasteiger partial charge is 0.313 e. The molecule has 3 atom stereocenters. The predicted octanol–water partition coefficient (Wildman–Crippen LogP) is 5.93. The minimum atomic E-state index is 0.521. The Labute approximate surface area is 133 Å². The summed E-state index contributed by atoms with van der Waals surface area (Å²) in [6.07, 6.45) is 15.8. The molecule has 0 aromatic heterocycles. The minimum Gasteiger partial charge on any atom is -0.313 e. The van der Waals surface area contributed by atoms with Crippen LogP contribution in [0.15, 0.2) is 0 Å². The molecule has 0 aromatic carbocycles. The molecular formula is C20H39N. The number of rotatable bonds is 10. The second-order valence-electron chi connectivity index (χ2n) is 8.78. The lowest BCUT2D eigenvalue weighted by molar-refractivity contribution is 0.109. The van der Waals surface area contributed by atoms with Gasteiger partial charge in [-0.05, 0) is 49.0 Å². The first kappa shape index (κ1) is 17.3. The lowest BCUT2D eigenvalue weighted by Crippen LogP contribution is -2.50. The van der Waals surface area contributed by atoms with Crippen LogP contribution in [-0.2, 0) is 0 Å². The molecule has 2 bridgehead atoms. The third-order valence-electron chi connectivity index (χ3n) is 6.65. The number of hydrogen-bond acceptors (Lipinski definition) is 1. The summed E-state index contributed by atoms with van der Waals surface area (Å²) in [5.41, 5.74) is 1.11. The molecule has 21 heavy (non-hydrogen) atoms. The molecule has 0 heterocycles. The summed E-state index contributed by atoms with van der Waals surface area (Å²) in [5.74, 6) is 0.971. The van der Waals surface area contributed by atoms with Crippen molar-refractivity contribution >= 4 is 0 Å². The summed E-state index contributed by atoms with van der Waals surface area (Å²) in [6.45, 7) is 11.1. The Bertz CT molecular complexity index is 304. The van der Waals surface area contributed by atoms with E-state index in [1.807, 2.05) is 0 Å². The second-order valence-corrected chi connectivity index (χ2v) is 8.78. The van der Waals surface area contributed by atoms with Gasteiger partial charge in [0.1, 0.15) is 0 Å². The fraction of sp³-hybridized carbons (Fsp3) is 1.00. The van der Waals surface area contributed by atoms with E-state index in [4.69, 9.17) is 0 Å². The second kappa shape index (κ2) is 7.49. The van der Waals surface area contributed by atoms with Crippen molar-refractivity contribution in [1.29, 1.82) is 0 Å². The van der Waals surface area contributed by atoms with E-state index < -0.39 is 0 Å². The quantitative estimate of drug-likeness (QED) is 0.492. The van der Waals surface area contributed by atoms with Gasteiger partial charge >= 0.3 is 0 Å². The van der Waals surface area contributed by atoms with Gasteiger partial charge in [-0.1, -0.05) is 72.6 Å². The summed E-state index contributed by atoms with van der Waals surface area (Å²) in [6, 6.07) is 0.758. The molecule has 0 amide bonds. The Morgan fingerprint density at radius 1 is 0.905 bits per heavy atom. The molecule has 0 aromatic rings. The minimum absolute atomic E-state index is 0.521. The molecule has 0 aliphatic heterocycles. The van der Waals surface area contributed by atoms with Gasteiger partial charge in [0, 0.05) is 6.04 Å². The van der Waals surface area contributed by atoms with Gasteiger partial charge in [-0.3, -0.25) is 0 Å². The maximum Gasteiger partial charge on any atom is 0.0175 e. The van der Waals surface area contributed by atoms with E-state index in [0.29, 0.717) is 10.8 Å². The first-order valence-electron chi connectivity index (χ1n) is 9.74. The monoisotopic (exact) mass is 293 g/mol. The summed E-state index contributed by atoms with van der Waals surface area (Å²) in [7, 11) is 0.